The van der Waals surface area contributed by atoms with E-state index in [-0.39, 0.29) is 36.7 Å². The average molecular weight is 303 g/mol. The van der Waals surface area contributed by atoms with Crippen LogP contribution in [0.5, 0.6) is 5.75 Å². The molecule has 0 bridgehead atoms. The van der Waals surface area contributed by atoms with Crippen molar-refractivity contribution in [2.45, 2.75) is 18.9 Å². The summed E-state index contributed by atoms with van der Waals surface area (Å²) in [5.41, 5.74) is 0.669. The molecule has 0 radical (unpaired) electrons. The van der Waals surface area contributed by atoms with Crippen LogP contribution in [0.15, 0.2) is 24.3 Å². The second-order valence-electron chi connectivity index (χ2n) is 5.37. The Bertz CT molecular complexity index is 592. The fraction of sp³-hybridized carbons (Fsp3) is 0.400. The minimum absolute atomic E-state index is 0.134. The van der Waals surface area contributed by atoms with Crippen LogP contribution in [0.2, 0.25) is 0 Å². The van der Waals surface area contributed by atoms with Crippen LogP contribution < -0.4 is 10.1 Å². The molecule has 1 aromatic carbocycles. The predicted octanol–water partition coefficient (Wildman–Crippen LogP) is 1.06. The van der Waals surface area contributed by atoms with Gasteiger partial charge in [-0.15, -0.1) is 0 Å². The number of hydrogen-bond acceptors (Lipinski definition) is 4. The monoisotopic (exact) mass is 303 g/mol. The second-order valence-corrected chi connectivity index (χ2v) is 5.37. The number of hydrogen-bond donors (Lipinski definition) is 1. The maximum Gasteiger partial charge on any atom is 0.321 e. The van der Waals surface area contributed by atoms with Gasteiger partial charge in [-0.2, -0.15) is 0 Å². The molecule has 0 saturated carbocycles. The molecular weight excluding hydrogens is 286 g/mol. The van der Waals surface area contributed by atoms with Crippen LogP contribution in [-0.2, 0) is 9.59 Å². The highest BCUT2D eigenvalue weighted by Crippen LogP contribution is 2.23. The highest BCUT2D eigenvalue weighted by atomic mass is 16.5. The van der Waals surface area contributed by atoms with E-state index in [1.807, 2.05) is 0 Å². The lowest BCUT2D eigenvalue weighted by molar-refractivity contribution is -0.144. The highest BCUT2D eigenvalue weighted by Gasteiger charge is 2.42. The number of carbonyl (C=O) groups excluding carboxylic acids is 3. The third kappa shape index (κ3) is 2.61. The maximum absolute atomic E-state index is 12.1. The van der Waals surface area contributed by atoms with Crippen molar-refractivity contribution in [2.24, 2.45) is 0 Å². The number of nitrogens with one attached hydrogen (secondary N) is 1. The zero-order valence-electron chi connectivity index (χ0n) is 12.2. The molecule has 0 aliphatic carbocycles. The molecule has 7 nitrogen and oxygen atoms in total. The third-order valence-electron chi connectivity index (χ3n) is 3.95. The Morgan fingerprint density at radius 2 is 1.73 bits per heavy atom. The summed E-state index contributed by atoms with van der Waals surface area (Å²) >= 11 is 0. The summed E-state index contributed by atoms with van der Waals surface area (Å²) in [7, 11) is 1.58. The standard InChI is InChI=1S/C15H17N3O4/c1-22-12-4-2-10(3-5-12)16-15(21)17-8-11(9-17)18-13(19)6-7-14(18)20/h2-5,11H,6-9H2,1H3,(H,16,21). The molecule has 1 aromatic rings. The molecule has 0 atom stereocenters. The SMILES string of the molecule is COc1ccc(NC(=O)N2CC(N3C(=O)CCC3=O)C2)cc1. The van der Waals surface area contributed by atoms with Crippen molar-refractivity contribution in [1.82, 2.24) is 9.80 Å². The largest absolute Gasteiger partial charge is 0.497 e. The maximum atomic E-state index is 12.1. The van der Waals surface area contributed by atoms with Crippen LogP contribution in [0, 0.1) is 0 Å². The number of anilines is 1. The summed E-state index contributed by atoms with van der Waals surface area (Å²) in [6.45, 7) is 0.777. The van der Waals surface area contributed by atoms with E-state index in [9.17, 15) is 14.4 Å². The molecular formula is C15H17N3O4. The van der Waals surface area contributed by atoms with E-state index in [0.717, 1.165) is 0 Å². The summed E-state index contributed by atoms with van der Waals surface area (Å²) in [5.74, 6) is 0.448. The summed E-state index contributed by atoms with van der Waals surface area (Å²) in [4.78, 5) is 38.2. The molecule has 2 aliphatic rings. The lowest BCUT2D eigenvalue weighted by Gasteiger charge is -2.42. The minimum Gasteiger partial charge on any atom is -0.497 e. The number of imide groups is 1. The van der Waals surface area contributed by atoms with E-state index in [0.29, 0.717) is 24.5 Å². The molecule has 116 valence electrons. The smallest absolute Gasteiger partial charge is 0.321 e. The van der Waals surface area contributed by atoms with Crippen molar-refractivity contribution >= 4 is 23.5 Å². The van der Waals surface area contributed by atoms with Gasteiger partial charge in [0.2, 0.25) is 11.8 Å². The van der Waals surface area contributed by atoms with Crippen molar-refractivity contribution in [3.8, 4) is 5.75 Å². The number of methoxy groups -OCH3 is 1. The highest BCUT2D eigenvalue weighted by molar-refractivity contribution is 6.02. The summed E-state index contributed by atoms with van der Waals surface area (Å²) in [5, 5.41) is 2.77. The first-order chi connectivity index (χ1) is 10.6. The fourth-order valence-electron chi connectivity index (χ4n) is 2.66. The molecule has 4 amide bonds. The van der Waals surface area contributed by atoms with Crippen molar-refractivity contribution in [3.63, 3.8) is 0 Å². The molecule has 2 fully saturated rings. The van der Waals surface area contributed by atoms with E-state index in [1.165, 1.54) is 4.90 Å². The number of nitrogens with zero attached hydrogens (tertiary/aromatic N) is 2. The first kappa shape index (κ1) is 14.4. The summed E-state index contributed by atoms with van der Waals surface area (Å²) in [6, 6.07) is 6.61. The van der Waals surface area contributed by atoms with Crippen molar-refractivity contribution < 1.29 is 19.1 Å². The quantitative estimate of drug-likeness (QED) is 0.847. The molecule has 2 aliphatic heterocycles. The van der Waals surface area contributed by atoms with Gasteiger partial charge in [-0.1, -0.05) is 0 Å². The number of rotatable bonds is 3. The van der Waals surface area contributed by atoms with Gasteiger partial charge in [-0.05, 0) is 24.3 Å². The van der Waals surface area contributed by atoms with Crippen LogP contribution in [0.4, 0.5) is 10.5 Å². The normalized spacial score (nSPS) is 18.4. The molecule has 2 heterocycles. The molecule has 7 heteroatoms. The minimum atomic E-state index is -0.236. The van der Waals surface area contributed by atoms with Crippen LogP contribution >= 0.6 is 0 Å². The number of amides is 4. The molecule has 3 rings (SSSR count). The Morgan fingerprint density at radius 3 is 2.27 bits per heavy atom. The zero-order valence-corrected chi connectivity index (χ0v) is 12.2. The Morgan fingerprint density at radius 1 is 1.14 bits per heavy atom. The average Bonchev–Trinajstić information content (AvgIpc) is 2.79. The van der Waals surface area contributed by atoms with E-state index >= 15 is 0 Å². The summed E-state index contributed by atoms with van der Waals surface area (Å²) in [6.07, 6.45) is 0.570. The Labute approximate surface area is 127 Å². The van der Waals surface area contributed by atoms with Crippen LogP contribution in [0.1, 0.15) is 12.8 Å². The lowest BCUT2D eigenvalue weighted by atomic mass is 10.1. The molecule has 0 spiro atoms. The topological polar surface area (TPSA) is 79.0 Å². The number of ether oxygens (including phenoxy) is 1. The molecule has 0 unspecified atom stereocenters. The van der Waals surface area contributed by atoms with Crippen molar-refractivity contribution in [1.29, 1.82) is 0 Å². The van der Waals surface area contributed by atoms with Gasteiger partial charge in [0.15, 0.2) is 0 Å². The number of likely N-dealkylation sites (tertiary alicyclic amines) is 2. The van der Waals surface area contributed by atoms with Crippen LogP contribution in [0.3, 0.4) is 0 Å². The van der Waals surface area contributed by atoms with Gasteiger partial charge < -0.3 is 15.0 Å². The first-order valence-electron chi connectivity index (χ1n) is 7.13. The van der Waals surface area contributed by atoms with E-state index in [1.54, 1.807) is 36.3 Å². The molecule has 1 N–H and O–H groups in total. The van der Waals surface area contributed by atoms with Gasteiger partial charge in [0.1, 0.15) is 5.75 Å². The van der Waals surface area contributed by atoms with E-state index in [2.05, 4.69) is 5.32 Å². The van der Waals surface area contributed by atoms with Gasteiger partial charge in [-0.3, -0.25) is 14.5 Å². The fourth-order valence-corrected chi connectivity index (χ4v) is 2.66. The number of carbonyl (C=O) groups is 3. The molecule has 2 saturated heterocycles. The van der Waals surface area contributed by atoms with Crippen molar-refractivity contribution in [2.75, 3.05) is 25.5 Å². The van der Waals surface area contributed by atoms with E-state index in [4.69, 9.17) is 4.74 Å². The Balaban J connectivity index is 1.52. The predicted molar refractivity (Wildman–Crippen MR) is 78.5 cm³/mol. The summed E-state index contributed by atoms with van der Waals surface area (Å²) < 4.78 is 5.05. The van der Waals surface area contributed by atoms with Gasteiger partial charge in [0.25, 0.3) is 0 Å². The first-order valence-corrected chi connectivity index (χ1v) is 7.13. The number of urea groups is 1. The second kappa shape index (κ2) is 5.67. The van der Waals surface area contributed by atoms with E-state index < -0.39 is 0 Å². The van der Waals surface area contributed by atoms with Crippen molar-refractivity contribution in [3.05, 3.63) is 24.3 Å². The Hall–Kier alpha value is -2.57. The van der Waals surface area contributed by atoms with Gasteiger partial charge in [0.05, 0.1) is 13.2 Å². The van der Waals surface area contributed by atoms with Crippen LogP contribution in [0.25, 0.3) is 0 Å². The third-order valence-corrected chi connectivity index (χ3v) is 3.95. The van der Waals surface area contributed by atoms with Gasteiger partial charge >= 0.3 is 6.03 Å². The van der Waals surface area contributed by atoms with Gasteiger partial charge in [0, 0.05) is 31.6 Å². The number of benzene rings is 1. The zero-order chi connectivity index (χ0) is 15.7. The van der Waals surface area contributed by atoms with Gasteiger partial charge in [-0.25, -0.2) is 4.79 Å². The van der Waals surface area contributed by atoms with Crippen LogP contribution in [-0.4, -0.2) is 53.9 Å². The molecule has 22 heavy (non-hydrogen) atoms. The Kier molecular flexibility index (Phi) is 3.70. The molecule has 0 aromatic heterocycles. The lowest BCUT2D eigenvalue weighted by Crippen LogP contribution is -2.63.